The topological polar surface area (TPSA) is 47.6 Å². The first-order chi connectivity index (χ1) is 9.28. The lowest BCUT2D eigenvalue weighted by atomic mass is 10.2. The quantitative estimate of drug-likeness (QED) is 0.825. The van der Waals surface area contributed by atoms with E-state index in [1.165, 1.54) is 6.08 Å². The molecule has 1 saturated heterocycles. The average molecular weight is 261 g/mol. The molecule has 2 rings (SSSR count). The minimum atomic E-state index is -0.0988. The first-order valence-electron chi connectivity index (χ1n) is 6.49. The molecule has 0 aliphatic carbocycles. The Labute approximate surface area is 113 Å². The number of carbonyl (C=O) groups is 1. The predicted octanol–water partition coefficient (Wildman–Crippen LogP) is 2.00. The maximum absolute atomic E-state index is 11.6. The summed E-state index contributed by atoms with van der Waals surface area (Å²) in [6.07, 6.45) is 5.59. The van der Waals surface area contributed by atoms with E-state index in [9.17, 15) is 4.79 Å². The average Bonchev–Trinajstić information content (AvgIpc) is 2.96. The highest BCUT2D eigenvalue weighted by Crippen LogP contribution is 2.13. The van der Waals surface area contributed by atoms with E-state index in [-0.39, 0.29) is 12.0 Å². The summed E-state index contributed by atoms with van der Waals surface area (Å²) in [5, 5.41) is 2.84. The second-order valence-corrected chi connectivity index (χ2v) is 4.49. The molecular weight excluding hydrogens is 242 g/mol. The molecule has 1 aliphatic rings. The van der Waals surface area contributed by atoms with Gasteiger partial charge in [0.2, 0.25) is 5.91 Å². The Kier molecular flexibility index (Phi) is 4.98. The summed E-state index contributed by atoms with van der Waals surface area (Å²) in [4.78, 5) is 11.6. The smallest absolute Gasteiger partial charge is 0.244 e. The zero-order chi connectivity index (χ0) is 13.5. The largest absolute Gasteiger partial charge is 0.497 e. The van der Waals surface area contributed by atoms with Crippen LogP contribution in [0.1, 0.15) is 18.4 Å². The van der Waals surface area contributed by atoms with Crippen LogP contribution in [0.15, 0.2) is 30.3 Å². The standard InChI is InChI=1S/C15H19NO3/c1-18-13-5-2-4-12(10-13)7-8-15(17)16-11-14-6-3-9-19-14/h2,4-5,7-8,10,14H,3,6,9,11H2,1H3,(H,16,17)/b8-7+. The molecule has 4 heteroatoms. The van der Waals surface area contributed by atoms with Gasteiger partial charge in [-0.25, -0.2) is 0 Å². The molecule has 1 aliphatic heterocycles. The van der Waals surface area contributed by atoms with Crippen LogP contribution in [0, 0.1) is 0 Å². The van der Waals surface area contributed by atoms with Gasteiger partial charge in [0.15, 0.2) is 0 Å². The zero-order valence-corrected chi connectivity index (χ0v) is 11.1. The predicted molar refractivity (Wildman–Crippen MR) is 74.0 cm³/mol. The van der Waals surface area contributed by atoms with Crippen LogP contribution in [0.5, 0.6) is 5.75 Å². The Morgan fingerprint density at radius 2 is 2.47 bits per heavy atom. The van der Waals surface area contributed by atoms with Crippen molar-refractivity contribution in [3.05, 3.63) is 35.9 Å². The summed E-state index contributed by atoms with van der Waals surface area (Å²) in [6, 6.07) is 7.56. The number of rotatable bonds is 5. The Bertz CT molecular complexity index is 450. The lowest BCUT2D eigenvalue weighted by molar-refractivity contribution is -0.116. The molecule has 1 atom stereocenters. The summed E-state index contributed by atoms with van der Waals surface area (Å²) in [5.74, 6) is 0.681. The molecule has 1 aromatic carbocycles. The number of nitrogens with one attached hydrogen (secondary N) is 1. The van der Waals surface area contributed by atoms with Crippen molar-refractivity contribution in [1.29, 1.82) is 0 Å². The van der Waals surface area contributed by atoms with Gasteiger partial charge in [0, 0.05) is 19.2 Å². The molecule has 1 aromatic rings. The fraction of sp³-hybridized carbons (Fsp3) is 0.400. The van der Waals surface area contributed by atoms with Crippen LogP contribution < -0.4 is 10.1 Å². The summed E-state index contributed by atoms with van der Waals surface area (Å²) >= 11 is 0. The zero-order valence-electron chi connectivity index (χ0n) is 11.1. The summed E-state index contributed by atoms with van der Waals surface area (Å²) < 4.78 is 10.6. The minimum Gasteiger partial charge on any atom is -0.497 e. The first-order valence-corrected chi connectivity index (χ1v) is 6.49. The molecule has 1 amide bonds. The minimum absolute atomic E-state index is 0.0988. The molecule has 1 fully saturated rings. The molecule has 0 saturated carbocycles. The van der Waals surface area contributed by atoms with Gasteiger partial charge in [0.25, 0.3) is 0 Å². The Balaban J connectivity index is 1.81. The van der Waals surface area contributed by atoms with Crippen molar-refractivity contribution < 1.29 is 14.3 Å². The van der Waals surface area contributed by atoms with Crippen LogP contribution in [-0.2, 0) is 9.53 Å². The number of amides is 1. The van der Waals surface area contributed by atoms with E-state index in [1.54, 1.807) is 13.2 Å². The first kappa shape index (κ1) is 13.6. The van der Waals surface area contributed by atoms with Gasteiger partial charge in [0.05, 0.1) is 13.2 Å². The van der Waals surface area contributed by atoms with Crippen molar-refractivity contribution >= 4 is 12.0 Å². The van der Waals surface area contributed by atoms with Crippen LogP contribution in [0.2, 0.25) is 0 Å². The van der Waals surface area contributed by atoms with Crippen LogP contribution in [0.3, 0.4) is 0 Å². The van der Waals surface area contributed by atoms with E-state index in [2.05, 4.69) is 5.32 Å². The molecule has 0 radical (unpaired) electrons. The Hall–Kier alpha value is -1.81. The fourth-order valence-electron chi connectivity index (χ4n) is 2.00. The number of methoxy groups -OCH3 is 1. The molecule has 4 nitrogen and oxygen atoms in total. The molecule has 102 valence electrons. The van der Waals surface area contributed by atoms with Crippen LogP contribution in [0.25, 0.3) is 6.08 Å². The Morgan fingerprint density at radius 1 is 1.58 bits per heavy atom. The van der Waals surface area contributed by atoms with E-state index >= 15 is 0 Å². The molecule has 0 aromatic heterocycles. The number of benzene rings is 1. The molecule has 1 N–H and O–H groups in total. The van der Waals surface area contributed by atoms with Gasteiger partial charge >= 0.3 is 0 Å². The third kappa shape index (κ3) is 4.41. The normalized spacial score (nSPS) is 18.7. The summed E-state index contributed by atoms with van der Waals surface area (Å²) in [7, 11) is 1.62. The number of carbonyl (C=O) groups excluding carboxylic acids is 1. The van der Waals surface area contributed by atoms with Gasteiger partial charge in [-0.2, -0.15) is 0 Å². The van der Waals surface area contributed by atoms with Gasteiger partial charge in [-0.3, -0.25) is 4.79 Å². The van der Waals surface area contributed by atoms with Crippen LogP contribution in [-0.4, -0.2) is 32.3 Å². The Morgan fingerprint density at radius 3 is 3.21 bits per heavy atom. The van der Waals surface area contributed by atoms with Crippen molar-refractivity contribution in [3.8, 4) is 5.75 Å². The van der Waals surface area contributed by atoms with E-state index in [0.29, 0.717) is 6.54 Å². The van der Waals surface area contributed by atoms with Gasteiger partial charge in [-0.15, -0.1) is 0 Å². The maximum atomic E-state index is 11.6. The molecule has 1 heterocycles. The fourth-order valence-corrected chi connectivity index (χ4v) is 2.00. The second-order valence-electron chi connectivity index (χ2n) is 4.49. The highest BCUT2D eigenvalue weighted by atomic mass is 16.5. The van der Waals surface area contributed by atoms with Crippen molar-refractivity contribution in [2.45, 2.75) is 18.9 Å². The number of hydrogen-bond acceptors (Lipinski definition) is 3. The lowest BCUT2D eigenvalue weighted by Crippen LogP contribution is -2.30. The highest BCUT2D eigenvalue weighted by Gasteiger charge is 2.15. The van der Waals surface area contributed by atoms with Gasteiger partial charge in [-0.1, -0.05) is 12.1 Å². The van der Waals surface area contributed by atoms with E-state index in [0.717, 1.165) is 30.8 Å². The third-order valence-corrected chi connectivity index (χ3v) is 3.05. The van der Waals surface area contributed by atoms with E-state index < -0.39 is 0 Å². The molecule has 0 bridgehead atoms. The molecule has 19 heavy (non-hydrogen) atoms. The van der Waals surface area contributed by atoms with Gasteiger partial charge in [-0.05, 0) is 36.6 Å². The SMILES string of the molecule is COc1cccc(/C=C/C(=O)NCC2CCCO2)c1. The van der Waals surface area contributed by atoms with Crippen LogP contribution in [0.4, 0.5) is 0 Å². The monoisotopic (exact) mass is 261 g/mol. The lowest BCUT2D eigenvalue weighted by Gasteiger charge is -2.08. The van der Waals surface area contributed by atoms with Gasteiger partial charge in [0.1, 0.15) is 5.75 Å². The second kappa shape index (κ2) is 6.95. The summed E-state index contributed by atoms with van der Waals surface area (Å²) in [5.41, 5.74) is 0.937. The molecule has 1 unspecified atom stereocenters. The van der Waals surface area contributed by atoms with E-state index in [1.807, 2.05) is 24.3 Å². The van der Waals surface area contributed by atoms with Gasteiger partial charge < -0.3 is 14.8 Å². The van der Waals surface area contributed by atoms with E-state index in [4.69, 9.17) is 9.47 Å². The highest BCUT2D eigenvalue weighted by molar-refractivity contribution is 5.91. The number of hydrogen-bond donors (Lipinski definition) is 1. The molecule has 0 spiro atoms. The maximum Gasteiger partial charge on any atom is 0.244 e. The van der Waals surface area contributed by atoms with Crippen molar-refractivity contribution in [1.82, 2.24) is 5.32 Å². The van der Waals surface area contributed by atoms with Crippen molar-refractivity contribution in [2.75, 3.05) is 20.3 Å². The summed E-state index contributed by atoms with van der Waals surface area (Å²) in [6.45, 7) is 1.39. The van der Waals surface area contributed by atoms with Crippen LogP contribution >= 0.6 is 0 Å². The van der Waals surface area contributed by atoms with Crippen molar-refractivity contribution in [3.63, 3.8) is 0 Å². The molecular formula is C15H19NO3. The van der Waals surface area contributed by atoms with Crippen molar-refractivity contribution in [2.24, 2.45) is 0 Å². The number of ether oxygens (including phenoxy) is 2. The third-order valence-electron chi connectivity index (χ3n) is 3.05.